The predicted octanol–water partition coefficient (Wildman–Crippen LogP) is 1.69. The molecule has 6 nitrogen and oxygen atoms in total. The van der Waals surface area contributed by atoms with Crippen molar-refractivity contribution in [3.63, 3.8) is 0 Å². The summed E-state index contributed by atoms with van der Waals surface area (Å²) in [7, 11) is 1.15. The zero-order valence-electron chi connectivity index (χ0n) is 16.4. The van der Waals surface area contributed by atoms with Gasteiger partial charge in [0.2, 0.25) is 0 Å². The summed E-state index contributed by atoms with van der Waals surface area (Å²) in [6.07, 6.45) is 9.68. The van der Waals surface area contributed by atoms with Crippen LogP contribution >= 0.6 is 0 Å². The Morgan fingerprint density at radius 3 is 2.82 bits per heavy atom. The molecule has 2 aromatic rings. The fourth-order valence-electron chi connectivity index (χ4n) is 6.38. The lowest BCUT2D eigenvalue weighted by molar-refractivity contribution is -0.137. The van der Waals surface area contributed by atoms with Crippen LogP contribution in [0, 0.1) is 23.7 Å². The number of hydrazone groups is 1. The first kappa shape index (κ1) is 18.2. The van der Waals surface area contributed by atoms with E-state index in [4.69, 9.17) is 5.10 Å². The highest BCUT2D eigenvalue weighted by Crippen LogP contribution is 2.59. The van der Waals surface area contributed by atoms with Crippen molar-refractivity contribution < 1.29 is 10.1 Å². The van der Waals surface area contributed by atoms with Gasteiger partial charge in [0, 0.05) is 35.8 Å². The molecule has 4 saturated carbocycles. The van der Waals surface area contributed by atoms with Crippen molar-refractivity contribution >= 4 is 29.7 Å². The first-order chi connectivity index (χ1) is 13.6. The SMILES string of the molecule is CCCN/N=C(\c1c([B]O)cnc2[nH]ccc12)C1C2CC3CC1CC(O)(C3)C2. The molecule has 2 aromatic heterocycles. The average Bonchev–Trinajstić information content (AvgIpc) is 3.13. The van der Waals surface area contributed by atoms with Crippen LogP contribution in [0.1, 0.15) is 51.0 Å². The highest BCUT2D eigenvalue weighted by molar-refractivity contribution is 6.49. The predicted molar refractivity (Wildman–Crippen MR) is 111 cm³/mol. The van der Waals surface area contributed by atoms with Crippen molar-refractivity contribution in [1.82, 2.24) is 15.4 Å². The topological polar surface area (TPSA) is 93.5 Å². The first-order valence-corrected chi connectivity index (χ1v) is 10.6. The van der Waals surface area contributed by atoms with Crippen LogP contribution in [0.4, 0.5) is 0 Å². The maximum atomic E-state index is 11.0. The molecule has 2 unspecified atom stereocenters. The van der Waals surface area contributed by atoms with Crippen molar-refractivity contribution in [3.8, 4) is 0 Å². The van der Waals surface area contributed by atoms with Crippen molar-refractivity contribution in [1.29, 1.82) is 0 Å². The Labute approximate surface area is 166 Å². The van der Waals surface area contributed by atoms with Gasteiger partial charge in [0.05, 0.1) is 11.3 Å². The minimum Gasteiger partial charge on any atom is -0.450 e. The summed E-state index contributed by atoms with van der Waals surface area (Å²) in [5, 5.41) is 26.8. The molecule has 4 bridgehead atoms. The lowest BCUT2D eigenvalue weighted by Gasteiger charge is -2.58. The van der Waals surface area contributed by atoms with E-state index in [9.17, 15) is 10.1 Å². The third-order valence-corrected chi connectivity index (χ3v) is 7.13. The van der Waals surface area contributed by atoms with E-state index in [-0.39, 0.29) is 0 Å². The Morgan fingerprint density at radius 2 is 2.14 bits per heavy atom. The summed E-state index contributed by atoms with van der Waals surface area (Å²) < 4.78 is 0. The molecule has 2 atom stereocenters. The van der Waals surface area contributed by atoms with E-state index in [2.05, 4.69) is 22.3 Å². The zero-order valence-corrected chi connectivity index (χ0v) is 16.4. The number of hydrogen-bond donors (Lipinski definition) is 4. The highest BCUT2D eigenvalue weighted by atomic mass is 16.3. The molecule has 4 fully saturated rings. The van der Waals surface area contributed by atoms with Crippen molar-refractivity contribution in [3.05, 3.63) is 24.0 Å². The van der Waals surface area contributed by atoms with Gasteiger partial charge in [-0.3, -0.25) is 0 Å². The monoisotopic (exact) mass is 379 g/mol. The molecule has 7 heteroatoms. The number of nitrogens with zero attached hydrogens (tertiary/aromatic N) is 2. The van der Waals surface area contributed by atoms with Gasteiger partial charge in [0.1, 0.15) is 5.65 Å². The van der Waals surface area contributed by atoms with Gasteiger partial charge in [-0.25, -0.2) is 4.98 Å². The van der Waals surface area contributed by atoms with Crippen LogP contribution in [0.5, 0.6) is 0 Å². The number of aromatic nitrogens is 2. The Bertz CT molecular complexity index is 895. The highest BCUT2D eigenvalue weighted by Gasteiger charge is 2.56. The first-order valence-electron chi connectivity index (χ1n) is 10.6. The van der Waals surface area contributed by atoms with Crippen LogP contribution < -0.4 is 10.9 Å². The molecular weight excluding hydrogens is 351 g/mol. The number of nitrogens with one attached hydrogen (secondary N) is 2. The third-order valence-electron chi connectivity index (χ3n) is 7.13. The second kappa shape index (κ2) is 6.88. The molecule has 1 radical (unpaired) electrons. The minimum atomic E-state index is -0.470. The quantitative estimate of drug-likeness (QED) is 0.266. The van der Waals surface area contributed by atoms with Gasteiger partial charge in [-0.1, -0.05) is 6.92 Å². The number of H-pyrrole nitrogens is 1. The van der Waals surface area contributed by atoms with Gasteiger partial charge in [0.25, 0.3) is 0 Å². The number of rotatable bonds is 6. The van der Waals surface area contributed by atoms with E-state index >= 15 is 0 Å². The zero-order chi connectivity index (χ0) is 19.3. The second-order valence-corrected chi connectivity index (χ2v) is 9.08. The van der Waals surface area contributed by atoms with Crippen molar-refractivity contribution in [2.75, 3.05) is 6.54 Å². The number of pyridine rings is 1. The summed E-state index contributed by atoms with van der Waals surface area (Å²) in [5.74, 6) is 1.86. The molecule has 0 aliphatic heterocycles. The van der Waals surface area contributed by atoms with Gasteiger partial charge in [0.15, 0.2) is 0 Å². The smallest absolute Gasteiger partial charge is 0.329 e. The normalized spacial score (nSPS) is 34.2. The van der Waals surface area contributed by atoms with E-state index in [0.717, 1.165) is 62.0 Å². The molecule has 4 aliphatic carbocycles. The van der Waals surface area contributed by atoms with E-state index in [0.29, 0.717) is 29.1 Å². The van der Waals surface area contributed by atoms with Crippen LogP contribution in [-0.2, 0) is 0 Å². The molecule has 28 heavy (non-hydrogen) atoms. The standard InChI is InChI=1S/C21H28BN4O2/c1-2-4-25-26-19(18-15-3-5-23-20(15)24-11-16(18)22-28)17-13-6-12-7-14(17)10-21(27,8-12)9-13/h3,5,11-14,17,25,27-28H,2,4,6-10H2,1H3,(H,23,24)/b26-19-. The average molecular weight is 379 g/mol. The van der Waals surface area contributed by atoms with Gasteiger partial charge < -0.3 is 20.5 Å². The fraction of sp³-hybridized carbons (Fsp3) is 0.619. The van der Waals surface area contributed by atoms with E-state index in [1.165, 1.54) is 12.8 Å². The van der Waals surface area contributed by atoms with Crippen molar-refractivity contribution in [2.45, 2.75) is 51.0 Å². The van der Waals surface area contributed by atoms with Gasteiger partial charge >= 0.3 is 7.48 Å². The van der Waals surface area contributed by atoms with Crippen LogP contribution in [-0.4, -0.2) is 45.4 Å². The molecule has 2 heterocycles. The molecule has 147 valence electrons. The Hall–Kier alpha value is -1.86. The number of hydrogen-bond acceptors (Lipinski definition) is 5. The summed E-state index contributed by atoms with van der Waals surface area (Å²) >= 11 is 0. The van der Waals surface area contributed by atoms with E-state index in [1.54, 1.807) is 6.20 Å². The summed E-state index contributed by atoms with van der Waals surface area (Å²) in [6, 6.07) is 2.02. The molecule has 6 rings (SSSR count). The Morgan fingerprint density at radius 1 is 1.36 bits per heavy atom. The molecular formula is C21H28BN4O2. The van der Waals surface area contributed by atoms with Gasteiger partial charge in [-0.05, 0) is 67.8 Å². The van der Waals surface area contributed by atoms with Crippen molar-refractivity contribution in [2.24, 2.45) is 28.8 Å². The third kappa shape index (κ3) is 2.87. The molecule has 4 N–H and O–H groups in total. The van der Waals surface area contributed by atoms with Crippen LogP contribution in [0.3, 0.4) is 0 Å². The molecule has 0 amide bonds. The van der Waals surface area contributed by atoms with Crippen LogP contribution in [0.15, 0.2) is 23.6 Å². The van der Waals surface area contributed by atoms with E-state index < -0.39 is 5.60 Å². The number of aromatic amines is 1. The minimum absolute atomic E-state index is 0.306. The van der Waals surface area contributed by atoms with Crippen LogP contribution in [0.2, 0.25) is 0 Å². The largest absolute Gasteiger partial charge is 0.450 e. The summed E-state index contributed by atoms with van der Waals surface area (Å²) in [5.41, 5.74) is 6.31. The summed E-state index contributed by atoms with van der Waals surface area (Å²) in [6.45, 7) is 2.95. The lowest BCUT2D eigenvalue weighted by Crippen LogP contribution is -2.57. The summed E-state index contributed by atoms with van der Waals surface area (Å²) in [4.78, 5) is 7.62. The molecule has 0 aromatic carbocycles. The Balaban J connectivity index is 1.63. The number of aliphatic hydroxyl groups is 1. The molecule has 0 saturated heterocycles. The van der Waals surface area contributed by atoms with Gasteiger partial charge in [-0.15, -0.1) is 0 Å². The van der Waals surface area contributed by atoms with E-state index in [1.807, 2.05) is 12.3 Å². The maximum absolute atomic E-state index is 11.0. The number of fused-ring (bicyclic) bond motifs is 1. The second-order valence-electron chi connectivity index (χ2n) is 9.08. The maximum Gasteiger partial charge on any atom is 0.329 e. The lowest BCUT2D eigenvalue weighted by atomic mass is 9.49. The molecule has 0 spiro atoms. The van der Waals surface area contributed by atoms with Gasteiger partial charge in [-0.2, -0.15) is 5.10 Å². The Kier molecular flexibility index (Phi) is 4.47. The molecule has 4 aliphatic rings. The van der Waals surface area contributed by atoms with Crippen LogP contribution in [0.25, 0.3) is 11.0 Å². The fourth-order valence-corrected chi connectivity index (χ4v) is 6.38.